The van der Waals surface area contributed by atoms with Crippen LogP contribution in [0.1, 0.15) is 37.9 Å². The fourth-order valence-corrected chi connectivity index (χ4v) is 6.33. The molecule has 0 saturated heterocycles. The van der Waals surface area contributed by atoms with Crippen molar-refractivity contribution < 1.29 is 19.4 Å². The van der Waals surface area contributed by atoms with Crippen molar-refractivity contribution in [1.82, 2.24) is 9.47 Å². The summed E-state index contributed by atoms with van der Waals surface area (Å²) in [4.78, 5) is 34.6. The lowest BCUT2D eigenvalue weighted by molar-refractivity contribution is -0.127. The number of phenolic OH excluding ortho intramolecular Hbond substituents is 1. The molecular weight excluding hydrogens is 594 g/mol. The van der Waals surface area contributed by atoms with Crippen LogP contribution in [-0.4, -0.2) is 47.8 Å². The number of hydrogen-bond acceptors (Lipinski definition) is 7. The Hall–Kier alpha value is -3.08. The third-order valence-electron chi connectivity index (χ3n) is 6.38. The van der Waals surface area contributed by atoms with Gasteiger partial charge in [0.05, 0.1) is 35.0 Å². The van der Waals surface area contributed by atoms with Crippen molar-refractivity contribution in [2.24, 2.45) is 4.99 Å². The van der Waals surface area contributed by atoms with Gasteiger partial charge in [0.15, 0.2) is 4.80 Å². The smallest absolute Gasteiger partial charge is 0.271 e. The van der Waals surface area contributed by atoms with Crippen molar-refractivity contribution in [3.63, 3.8) is 0 Å². The van der Waals surface area contributed by atoms with E-state index in [-0.39, 0.29) is 22.2 Å². The Bertz CT molecular complexity index is 1620. The fourth-order valence-electron chi connectivity index (χ4n) is 4.46. The summed E-state index contributed by atoms with van der Waals surface area (Å²) in [7, 11) is 3.09. The number of aromatic nitrogens is 1. The number of benzene rings is 2. The second-order valence-electron chi connectivity index (χ2n) is 8.49. The number of amides is 1. The van der Waals surface area contributed by atoms with E-state index in [0.29, 0.717) is 60.8 Å². The molecule has 0 aliphatic carbocycles. The third-order valence-corrected chi connectivity index (χ3v) is 8.11. The molecule has 2 aromatic carbocycles. The van der Waals surface area contributed by atoms with Crippen LogP contribution >= 0.6 is 38.9 Å². The average molecular weight is 621 g/mol. The first-order valence-corrected chi connectivity index (χ1v) is 13.9. The van der Waals surface area contributed by atoms with Crippen LogP contribution in [0.15, 0.2) is 55.9 Å². The molecule has 1 aromatic heterocycles. The average Bonchev–Trinajstić information content (AvgIpc) is 3.20. The van der Waals surface area contributed by atoms with Gasteiger partial charge < -0.3 is 19.5 Å². The number of ether oxygens (including phenoxy) is 2. The van der Waals surface area contributed by atoms with Crippen LogP contribution in [0.4, 0.5) is 0 Å². The summed E-state index contributed by atoms with van der Waals surface area (Å²) in [6, 6.07) is 7.71. The first kappa shape index (κ1) is 27.9. The first-order valence-electron chi connectivity index (χ1n) is 11.9. The summed E-state index contributed by atoms with van der Waals surface area (Å²) < 4.78 is 13.6. The Morgan fingerprint density at radius 2 is 1.95 bits per heavy atom. The Morgan fingerprint density at radius 3 is 2.58 bits per heavy atom. The second kappa shape index (κ2) is 11.3. The molecule has 200 valence electrons. The van der Waals surface area contributed by atoms with Crippen LogP contribution in [0.2, 0.25) is 5.02 Å². The maximum atomic E-state index is 14.0. The molecule has 0 spiro atoms. The number of phenols is 1. The van der Waals surface area contributed by atoms with Crippen LogP contribution in [0, 0.1) is 0 Å². The van der Waals surface area contributed by atoms with Crippen LogP contribution in [0.3, 0.4) is 0 Å². The normalized spacial score (nSPS) is 15.2. The van der Waals surface area contributed by atoms with Crippen LogP contribution < -0.4 is 24.4 Å². The molecule has 1 N–H and O–H groups in total. The number of rotatable bonds is 7. The van der Waals surface area contributed by atoms with E-state index in [0.717, 1.165) is 11.3 Å². The largest absolute Gasteiger partial charge is 0.506 e. The predicted molar refractivity (Wildman–Crippen MR) is 152 cm³/mol. The van der Waals surface area contributed by atoms with Crippen LogP contribution in [0.5, 0.6) is 17.2 Å². The number of carbonyl (C=O) groups is 1. The van der Waals surface area contributed by atoms with Crippen LogP contribution in [-0.2, 0) is 4.79 Å². The number of halogens is 2. The predicted octanol–water partition coefficient (Wildman–Crippen LogP) is 4.24. The van der Waals surface area contributed by atoms with Gasteiger partial charge in [-0.25, -0.2) is 4.99 Å². The molecule has 0 fully saturated rings. The maximum Gasteiger partial charge on any atom is 0.271 e. The van der Waals surface area contributed by atoms with Gasteiger partial charge in [0.2, 0.25) is 0 Å². The summed E-state index contributed by atoms with van der Waals surface area (Å²) >= 11 is 10.7. The molecule has 11 heteroatoms. The zero-order valence-corrected chi connectivity index (χ0v) is 24.7. The zero-order chi connectivity index (χ0) is 27.7. The molecule has 3 aromatic rings. The van der Waals surface area contributed by atoms with E-state index in [1.807, 2.05) is 13.8 Å². The quantitative estimate of drug-likeness (QED) is 0.427. The van der Waals surface area contributed by atoms with Crippen molar-refractivity contribution in [3.8, 4) is 17.2 Å². The Labute approximate surface area is 237 Å². The lowest BCUT2D eigenvalue weighted by Gasteiger charge is -2.30. The highest BCUT2D eigenvalue weighted by molar-refractivity contribution is 9.10. The van der Waals surface area contributed by atoms with E-state index in [4.69, 9.17) is 21.1 Å². The molecule has 0 unspecified atom stereocenters. The minimum absolute atomic E-state index is 0.139. The van der Waals surface area contributed by atoms with Crippen LogP contribution in [0.25, 0.3) is 6.08 Å². The zero-order valence-electron chi connectivity index (χ0n) is 21.5. The maximum absolute atomic E-state index is 14.0. The van der Waals surface area contributed by atoms with Crippen molar-refractivity contribution in [2.75, 3.05) is 27.3 Å². The molecule has 1 atom stereocenters. The van der Waals surface area contributed by atoms with Crippen molar-refractivity contribution >= 4 is 50.9 Å². The van der Waals surface area contributed by atoms with E-state index < -0.39 is 6.04 Å². The highest BCUT2D eigenvalue weighted by atomic mass is 79.9. The van der Waals surface area contributed by atoms with E-state index in [2.05, 4.69) is 20.9 Å². The highest BCUT2D eigenvalue weighted by Gasteiger charge is 2.36. The van der Waals surface area contributed by atoms with Gasteiger partial charge in [-0.1, -0.05) is 38.9 Å². The summed E-state index contributed by atoms with van der Waals surface area (Å²) in [5, 5.41) is 10.7. The molecule has 1 aliphatic heterocycles. The lowest BCUT2D eigenvalue weighted by Crippen LogP contribution is -2.43. The van der Waals surface area contributed by atoms with Gasteiger partial charge in [0, 0.05) is 28.7 Å². The molecule has 1 aliphatic rings. The standard InChI is InChI=1S/C27H27BrClN3O5S/c1-6-31(7-2)26(35)22-14(3)30-27-32(23(22)18-13-17(36-4)8-9-20(18)37-5)25(34)21(38-27)11-15-10-16(28)12-19(29)24(15)33/h8-13,23,33H,6-7H2,1-5H3/b21-11+/t23-/m0/s1. The molecule has 1 amide bonds. The number of nitrogens with zero attached hydrogens (tertiary/aromatic N) is 3. The lowest BCUT2D eigenvalue weighted by atomic mass is 9.93. The second-order valence-corrected chi connectivity index (χ2v) is 10.8. The third kappa shape index (κ3) is 5.00. The molecule has 2 heterocycles. The van der Waals surface area contributed by atoms with Gasteiger partial charge >= 0.3 is 0 Å². The van der Waals surface area contributed by atoms with Gasteiger partial charge in [0.1, 0.15) is 23.3 Å². The monoisotopic (exact) mass is 619 g/mol. The van der Waals surface area contributed by atoms with Gasteiger partial charge in [-0.05, 0) is 57.2 Å². The number of likely N-dealkylation sites (N-methyl/N-ethyl adjacent to an activating group) is 1. The number of aromatic hydroxyl groups is 1. The first-order chi connectivity index (χ1) is 18.1. The summed E-state index contributed by atoms with van der Waals surface area (Å²) in [6.07, 6.45) is 1.57. The molecule has 8 nitrogen and oxygen atoms in total. The Morgan fingerprint density at radius 1 is 1.24 bits per heavy atom. The number of thiazole rings is 1. The van der Waals surface area contributed by atoms with Crippen molar-refractivity contribution in [1.29, 1.82) is 0 Å². The summed E-state index contributed by atoms with van der Waals surface area (Å²) in [6.45, 7) is 6.59. The number of methoxy groups -OCH3 is 2. The topological polar surface area (TPSA) is 93.4 Å². The fraction of sp³-hybridized carbons (Fsp3) is 0.296. The van der Waals surface area contributed by atoms with E-state index in [9.17, 15) is 14.7 Å². The minimum Gasteiger partial charge on any atom is -0.506 e. The number of hydrogen-bond donors (Lipinski definition) is 1. The molecule has 4 rings (SSSR count). The molecule has 0 radical (unpaired) electrons. The number of carbonyl (C=O) groups excluding carboxylic acids is 1. The van der Waals surface area contributed by atoms with E-state index in [1.165, 1.54) is 11.7 Å². The van der Waals surface area contributed by atoms with Gasteiger partial charge in [-0.2, -0.15) is 0 Å². The van der Waals surface area contributed by atoms with Gasteiger partial charge in [0.25, 0.3) is 11.5 Å². The summed E-state index contributed by atoms with van der Waals surface area (Å²) in [5.41, 5.74) is 1.50. The minimum atomic E-state index is -0.814. The Kier molecular flexibility index (Phi) is 8.34. The number of allylic oxidation sites excluding steroid dienone is 1. The molecule has 0 bridgehead atoms. The molecular formula is C27H27BrClN3O5S. The number of fused-ring (bicyclic) bond motifs is 1. The Balaban J connectivity index is 2.05. The summed E-state index contributed by atoms with van der Waals surface area (Å²) in [5.74, 6) is 0.708. The molecule has 0 saturated carbocycles. The van der Waals surface area contributed by atoms with E-state index in [1.54, 1.807) is 55.3 Å². The van der Waals surface area contributed by atoms with Gasteiger partial charge in [-0.3, -0.25) is 14.2 Å². The van der Waals surface area contributed by atoms with Crippen molar-refractivity contribution in [2.45, 2.75) is 26.8 Å². The van der Waals surface area contributed by atoms with Crippen molar-refractivity contribution in [3.05, 3.63) is 81.9 Å². The van der Waals surface area contributed by atoms with Gasteiger partial charge in [-0.15, -0.1) is 0 Å². The van der Waals surface area contributed by atoms with E-state index >= 15 is 0 Å². The SMILES string of the molecule is CCN(CC)C(=O)C1=C(C)N=c2s/c(=C/c3cc(Br)cc(Cl)c3O)c(=O)n2[C@H]1c1cc(OC)ccc1OC. The molecule has 38 heavy (non-hydrogen) atoms. The highest BCUT2D eigenvalue weighted by Crippen LogP contribution is 2.38.